The molecule has 0 radical (unpaired) electrons. The summed E-state index contributed by atoms with van der Waals surface area (Å²) in [6.45, 7) is 0. The standard InChI is InChI=1S/C13H13NO2/c15-8-9-2-1-3-11(6-9)14-12-5-4-10(7-12)13(14)16/h1-3,6,8,10,12H,4-5,7H2. The number of fused-ring (bicyclic) bond motifs is 2. The van der Waals surface area contributed by atoms with Crippen molar-refractivity contribution in [2.45, 2.75) is 25.3 Å². The second kappa shape index (κ2) is 3.44. The summed E-state index contributed by atoms with van der Waals surface area (Å²) in [4.78, 5) is 24.6. The van der Waals surface area contributed by atoms with Gasteiger partial charge in [-0.1, -0.05) is 12.1 Å². The molecule has 0 aromatic heterocycles. The molecule has 1 aromatic rings. The highest BCUT2D eigenvalue weighted by atomic mass is 16.2. The van der Waals surface area contributed by atoms with Crippen molar-refractivity contribution in [1.82, 2.24) is 0 Å². The van der Waals surface area contributed by atoms with Crippen molar-refractivity contribution in [3.05, 3.63) is 29.8 Å². The average Bonchev–Trinajstić information content (AvgIpc) is 2.89. The largest absolute Gasteiger partial charge is 0.309 e. The predicted octanol–water partition coefficient (Wildman–Crippen LogP) is 2.01. The van der Waals surface area contributed by atoms with Crippen molar-refractivity contribution in [1.29, 1.82) is 0 Å². The normalized spacial score (nSPS) is 27.5. The summed E-state index contributed by atoms with van der Waals surface area (Å²) in [6.07, 6.45) is 3.95. The van der Waals surface area contributed by atoms with Crippen LogP contribution in [0.25, 0.3) is 0 Å². The van der Waals surface area contributed by atoms with Gasteiger partial charge in [0.25, 0.3) is 0 Å². The summed E-state index contributed by atoms with van der Waals surface area (Å²) in [5.74, 6) is 0.462. The van der Waals surface area contributed by atoms with Gasteiger partial charge in [-0.2, -0.15) is 0 Å². The van der Waals surface area contributed by atoms with E-state index in [-0.39, 0.29) is 11.8 Å². The minimum absolute atomic E-state index is 0.227. The number of rotatable bonds is 2. The number of aldehydes is 1. The summed E-state index contributed by atoms with van der Waals surface area (Å²) in [5.41, 5.74) is 1.51. The lowest BCUT2D eigenvalue weighted by atomic mass is 10.1. The molecule has 2 bridgehead atoms. The number of nitrogens with zero attached hydrogens (tertiary/aromatic N) is 1. The highest BCUT2D eigenvalue weighted by Crippen LogP contribution is 2.41. The number of hydrogen-bond donors (Lipinski definition) is 0. The molecule has 1 aliphatic heterocycles. The number of carbonyl (C=O) groups excluding carboxylic acids is 2. The highest BCUT2D eigenvalue weighted by Gasteiger charge is 2.45. The van der Waals surface area contributed by atoms with Gasteiger partial charge in [0, 0.05) is 23.2 Å². The van der Waals surface area contributed by atoms with Crippen molar-refractivity contribution in [2.24, 2.45) is 5.92 Å². The second-order valence-corrected chi connectivity index (χ2v) is 4.58. The first-order valence-electron chi connectivity index (χ1n) is 5.68. The van der Waals surface area contributed by atoms with Crippen molar-refractivity contribution >= 4 is 17.9 Å². The van der Waals surface area contributed by atoms with Gasteiger partial charge in [0.15, 0.2) is 0 Å². The first kappa shape index (κ1) is 9.58. The first-order valence-corrected chi connectivity index (χ1v) is 5.68. The number of carbonyl (C=O) groups is 2. The van der Waals surface area contributed by atoms with Crippen molar-refractivity contribution < 1.29 is 9.59 Å². The number of amides is 1. The molecule has 16 heavy (non-hydrogen) atoms. The molecule has 2 fully saturated rings. The van der Waals surface area contributed by atoms with Crippen LogP contribution in [-0.2, 0) is 4.79 Å². The Balaban J connectivity index is 1.97. The number of hydrogen-bond acceptors (Lipinski definition) is 2. The number of anilines is 1. The van der Waals surface area contributed by atoms with Gasteiger partial charge in [-0.05, 0) is 31.4 Å². The lowest BCUT2D eigenvalue weighted by Crippen LogP contribution is -2.36. The fourth-order valence-corrected chi connectivity index (χ4v) is 2.88. The molecule has 0 N–H and O–H groups in total. The van der Waals surface area contributed by atoms with E-state index < -0.39 is 0 Å². The zero-order valence-electron chi connectivity index (χ0n) is 8.93. The lowest BCUT2D eigenvalue weighted by Gasteiger charge is -2.27. The van der Waals surface area contributed by atoms with Crippen molar-refractivity contribution in [2.75, 3.05) is 4.90 Å². The molecule has 3 nitrogen and oxygen atoms in total. The third kappa shape index (κ3) is 1.28. The molecule has 1 heterocycles. The maximum Gasteiger partial charge on any atom is 0.230 e. The van der Waals surface area contributed by atoms with Gasteiger partial charge in [0.1, 0.15) is 6.29 Å². The quantitative estimate of drug-likeness (QED) is 0.708. The third-order valence-corrected chi connectivity index (χ3v) is 3.64. The molecule has 1 saturated heterocycles. The Morgan fingerprint density at radius 2 is 2.19 bits per heavy atom. The van der Waals surface area contributed by atoms with Crippen LogP contribution in [0.2, 0.25) is 0 Å². The first-order chi connectivity index (χ1) is 7.79. The molecule has 1 amide bonds. The Labute approximate surface area is 94.1 Å². The van der Waals surface area contributed by atoms with E-state index in [1.165, 1.54) is 0 Å². The Kier molecular flexibility index (Phi) is 2.06. The summed E-state index contributed by atoms with van der Waals surface area (Å²) in [6, 6.07) is 7.66. The molecule has 1 saturated carbocycles. The Bertz CT molecular complexity index is 455. The fraction of sp³-hybridized carbons (Fsp3) is 0.385. The van der Waals surface area contributed by atoms with Gasteiger partial charge < -0.3 is 4.90 Å². The van der Waals surface area contributed by atoms with Crippen LogP contribution in [0.3, 0.4) is 0 Å². The minimum Gasteiger partial charge on any atom is -0.309 e. The summed E-state index contributed by atoms with van der Waals surface area (Å²) in [7, 11) is 0. The van der Waals surface area contributed by atoms with Crippen LogP contribution in [-0.4, -0.2) is 18.2 Å². The molecule has 82 valence electrons. The van der Waals surface area contributed by atoms with Gasteiger partial charge >= 0.3 is 0 Å². The van der Waals surface area contributed by atoms with E-state index in [2.05, 4.69) is 0 Å². The van der Waals surface area contributed by atoms with Crippen LogP contribution in [0, 0.1) is 5.92 Å². The van der Waals surface area contributed by atoms with Gasteiger partial charge in [-0.3, -0.25) is 9.59 Å². The molecule has 2 atom stereocenters. The monoisotopic (exact) mass is 215 g/mol. The minimum atomic E-state index is 0.227. The molecule has 2 aliphatic rings. The van der Waals surface area contributed by atoms with Crippen LogP contribution >= 0.6 is 0 Å². The van der Waals surface area contributed by atoms with Gasteiger partial charge in [0.05, 0.1) is 0 Å². The van der Waals surface area contributed by atoms with Gasteiger partial charge in [0.2, 0.25) is 5.91 Å². The molecule has 0 spiro atoms. The Hall–Kier alpha value is -1.64. The smallest absolute Gasteiger partial charge is 0.230 e. The van der Waals surface area contributed by atoms with E-state index in [0.717, 1.165) is 31.2 Å². The van der Waals surface area contributed by atoms with Gasteiger partial charge in [-0.15, -0.1) is 0 Å². The maximum absolute atomic E-state index is 12.0. The molecule has 3 rings (SSSR count). The van der Waals surface area contributed by atoms with Gasteiger partial charge in [-0.25, -0.2) is 0 Å². The van der Waals surface area contributed by atoms with E-state index in [1.807, 2.05) is 17.0 Å². The number of piperidine rings is 1. The van der Waals surface area contributed by atoms with Crippen LogP contribution in [0.1, 0.15) is 29.6 Å². The SMILES string of the molecule is O=Cc1cccc(N2C(=O)C3CCC2C3)c1. The Morgan fingerprint density at radius 1 is 1.31 bits per heavy atom. The molecular weight excluding hydrogens is 202 g/mol. The van der Waals surface area contributed by atoms with Crippen LogP contribution in [0.5, 0.6) is 0 Å². The molecular formula is C13H13NO2. The van der Waals surface area contributed by atoms with Crippen molar-refractivity contribution in [3.63, 3.8) is 0 Å². The van der Waals surface area contributed by atoms with E-state index in [4.69, 9.17) is 0 Å². The summed E-state index contributed by atoms with van der Waals surface area (Å²) < 4.78 is 0. The Morgan fingerprint density at radius 3 is 2.88 bits per heavy atom. The highest BCUT2D eigenvalue weighted by molar-refractivity contribution is 5.99. The van der Waals surface area contributed by atoms with E-state index in [0.29, 0.717) is 11.6 Å². The zero-order chi connectivity index (χ0) is 11.1. The molecule has 1 aromatic carbocycles. The molecule has 1 aliphatic carbocycles. The summed E-state index contributed by atoms with van der Waals surface area (Å²) in [5, 5.41) is 0. The second-order valence-electron chi connectivity index (χ2n) is 4.58. The maximum atomic E-state index is 12.0. The van der Waals surface area contributed by atoms with E-state index in [1.54, 1.807) is 12.1 Å². The van der Waals surface area contributed by atoms with Crippen LogP contribution in [0.15, 0.2) is 24.3 Å². The van der Waals surface area contributed by atoms with Crippen LogP contribution in [0.4, 0.5) is 5.69 Å². The van der Waals surface area contributed by atoms with Crippen LogP contribution < -0.4 is 4.90 Å². The predicted molar refractivity (Wildman–Crippen MR) is 60.4 cm³/mol. The fourth-order valence-electron chi connectivity index (χ4n) is 2.88. The van der Waals surface area contributed by atoms with Crippen molar-refractivity contribution in [3.8, 4) is 0 Å². The third-order valence-electron chi connectivity index (χ3n) is 3.64. The summed E-state index contributed by atoms with van der Waals surface area (Å²) >= 11 is 0. The topological polar surface area (TPSA) is 37.4 Å². The van der Waals surface area contributed by atoms with E-state index >= 15 is 0 Å². The lowest BCUT2D eigenvalue weighted by molar-refractivity contribution is -0.121. The molecule has 2 unspecified atom stereocenters. The number of benzene rings is 1. The molecule has 3 heteroatoms. The zero-order valence-corrected chi connectivity index (χ0v) is 8.93. The average molecular weight is 215 g/mol. The van der Waals surface area contributed by atoms with E-state index in [9.17, 15) is 9.59 Å².